The molecule has 1 saturated heterocycles. The molecule has 1 heterocycles. The van der Waals surface area contributed by atoms with Crippen LogP contribution in [-0.4, -0.2) is 43.8 Å². The molecule has 0 spiro atoms. The molecule has 0 saturated carbocycles. The van der Waals surface area contributed by atoms with Gasteiger partial charge in [-0.1, -0.05) is 0 Å². The van der Waals surface area contributed by atoms with Crippen LogP contribution in [0.4, 0.5) is 15.8 Å². The molecule has 1 N–H and O–H groups in total. The first-order valence-corrected chi connectivity index (χ1v) is 9.17. The highest BCUT2D eigenvalue weighted by atomic mass is 32.2. The van der Waals surface area contributed by atoms with Gasteiger partial charge in [-0.2, -0.15) is 4.31 Å². The molecule has 0 atom stereocenters. The van der Waals surface area contributed by atoms with Crippen LogP contribution in [0.25, 0.3) is 0 Å². The van der Waals surface area contributed by atoms with Gasteiger partial charge in [0, 0.05) is 24.3 Å². The maximum atomic E-state index is 13.0. The first-order chi connectivity index (χ1) is 11.9. The number of non-ortho nitro benzene ring substituents is 1. The van der Waals surface area contributed by atoms with E-state index in [-0.39, 0.29) is 16.4 Å². The Morgan fingerprint density at radius 2 is 1.56 bits per heavy atom. The normalized spacial score (nSPS) is 16.7. The molecule has 25 heavy (non-hydrogen) atoms. The van der Waals surface area contributed by atoms with Crippen molar-refractivity contribution in [3.63, 3.8) is 0 Å². The second kappa shape index (κ2) is 6.87. The lowest BCUT2D eigenvalue weighted by Crippen LogP contribution is -3.10. The van der Waals surface area contributed by atoms with E-state index in [1.165, 1.54) is 40.7 Å². The molecular formula is C16H17FN3O4S+. The zero-order chi connectivity index (χ0) is 18.0. The van der Waals surface area contributed by atoms with Crippen molar-refractivity contribution in [3.8, 4) is 0 Å². The highest BCUT2D eigenvalue weighted by Crippen LogP contribution is 2.19. The third kappa shape index (κ3) is 3.68. The molecule has 2 aromatic rings. The lowest BCUT2D eigenvalue weighted by atomic mass is 10.2. The van der Waals surface area contributed by atoms with E-state index in [1.54, 1.807) is 12.1 Å². The summed E-state index contributed by atoms with van der Waals surface area (Å²) in [5.41, 5.74) is 0.776. The summed E-state index contributed by atoms with van der Waals surface area (Å²) in [6.45, 7) is 1.79. The standard InChI is InChI=1S/C16H16FN3O4S/c17-13-1-3-14(4-2-13)18-9-11-19(12-10-18)25(23,24)16-7-5-15(6-8-16)20(21)22/h1-8H,9-12H2/p+1. The first kappa shape index (κ1) is 17.5. The molecule has 7 nitrogen and oxygen atoms in total. The number of nitrogens with one attached hydrogen (secondary N) is 1. The van der Waals surface area contributed by atoms with Crippen LogP contribution in [0.1, 0.15) is 0 Å². The minimum atomic E-state index is -3.68. The number of nitro benzene ring substituents is 1. The molecule has 1 aliphatic rings. The van der Waals surface area contributed by atoms with Gasteiger partial charge in [0.15, 0.2) is 0 Å². The summed E-state index contributed by atoms with van der Waals surface area (Å²) in [6.07, 6.45) is 0. The molecule has 3 rings (SSSR count). The number of halogens is 1. The maximum absolute atomic E-state index is 13.0. The number of sulfonamides is 1. The fourth-order valence-corrected chi connectivity index (χ4v) is 4.30. The average Bonchev–Trinajstić information content (AvgIpc) is 2.62. The monoisotopic (exact) mass is 366 g/mol. The summed E-state index contributed by atoms with van der Waals surface area (Å²) in [6, 6.07) is 11.1. The van der Waals surface area contributed by atoms with Gasteiger partial charge in [0.05, 0.1) is 36.0 Å². The van der Waals surface area contributed by atoms with Crippen LogP contribution in [-0.2, 0) is 10.0 Å². The second-order valence-electron chi connectivity index (χ2n) is 5.77. The molecule has 0 bridgehead atoms. The van der Waals surface area contributed by atoms with Crippen molar-refractivity contribution in [2.75, 3.05) is 26.2 Å². The summed E-state index contributed by atoms with van der Waals surface area (Å²) >= 11 is 0. The number of nitrogens with zero attached hydrogens (tertiary/aromatic N) is 2. The molecule has 9 heteroatoms. The Morgan fingerprint density at radius 3 is 2.08 bits per heavy atom. The van der Waals surface area contributed by atoms with Gasteiger partial charge < -0.3 is 4.90 Å². The number of hydrogen-bond donors (Lipinski definition) is 1. The minimum absolute atomic E-state index is 0.0448. The molecule has 0 radical (unpaired) electrons. The van der Waals surface area contributed by atoms with Crippen LogP contribution in [0.5, 0.6) is 0 Å². The zero-order valence-corrected chi connectivity index (χ0v) is 14.1. The van der Waals surface area contributed by atoms with Crippen molar-refractivity contribution in [1.82, 2.24) is 4.31 Å². The highest BCUT2D eigenvalue weighted by Gasteiger charge is 2.31. The molecule has 0 aromatic heterocycles. The molecule has 1 fully saturated rings. The Bertz CT molecular complexity index is 861. The number of hydrogen-bond acceptors (Lipinski definition) is 4. The van der Waals surface area contributed by atoms with E-state index in [2.05, 4.69) is 0 Å². The largest absolute Gasteiger partial charge is 0.300 e. The number of piperazine rings is 1. The van der Waals surface area contributed by atoms with Gasteiger partial charge >= 0.3 is 0 Å². The Morgan fingerprint density at radius 1 is 1.00 bits per heavy atom. The summed E-state index contributed by atoms with van der Waals surface area (Å²) in [5, 5.41) is 10.7. The van der Waals surface area contributed by atoms with Crippen LogP contribution < -0.4 is 4.90 Å². The SMILES string of the molecule is O=[N+]([O-])c1ccc(S(=O)(=O)N2CC[NH+](c3ccc(F)cc3)CC2)cc1. The summed E-state index contributed by atoms with van der Waals surface area (Å²) in [7, 11) is -3.68. The molecule has 0 aliphatic carbocycles. The van der Waals surface area contributed by atoms with Gasteiger partial charge in [-0.3, -0.25) is 10.1 Å². The van der Waals surface area contributed by atoms with Crippen molar-refractivity contribution in [2.24, 2.45) is 0 Å². The van der Waals surface area contributed by atoms with Crippen molar-refractivity contribution in [2.45, 2.75) is 4.90 Å². The first-order valence-electron chi connectivity index (χ1n) is 7.73. The topological polar surface area (TPSA) is 85.0 Å². The van der Waals surface area contributed by atoms with E-state index >= 15 is 0 Å². The van der Waals surface area contributed by atoms with Gasteiger partial charge in [-0.15, -0.1) is 0 Å². The number of nitro groups is 1. The van der Waals surface area contributed by atoms with E-state index in [9.17, 15) is 22.9 Å². The summed E-state index contributed by atoms with van der Waals surface area (Å²) in [4.78, 5) is 11.2. The van der Waals surface area contributed by atoms with E-state index in [0.717, 1.165) is 10.6 Å². The molecule has 132 valence electrons. The lowest BCUT2D eigenvalue weighted by Gasteiger charge is -2.31. The predicted molar refractivity (Wildman–Crippen MR) is 88.6 cm³/mol. The molecule has 2 aromatic carbocycles. The van der Waals surface area contributed by atoms with Gasteiger partial charge in [-0.05, 0) is 24.3 Å². The van der Waals surface area contributed by atoms with Crippen LogP contribution in [0.15, 0.2) is 53.4 Å². The van der Waals surface area contributed by atoms with Crippen LogP contribution in [0, 0.1) is 15.9 Å². The minimum Gasteiger partial charge on any atom is -0.300 e. The van der Waals surface area contributed by atoms with E-state index in [4.69, 9.17) is 0 Å². The van der Waals surface area contributed by atoms with Gasteiger partial charge in [0.1, 0.15) is 11.5 Å². The third-order valence-corrected chi connectivity index (χ3v) is 6.18. The van der Waals surface area contributed by atoms with Gasteiger partial charge in [-0.25, -0.2) is 12.8 Å². The van der Waals surface area contributed by atoms with Crippen molar-refractivity contribution >= 4 is 21.4 Å². The predicted octanol–water partition coefficient (Wildman–Crippen LogP) is 0.955. The smallest absolute Gasteiger partial charge is 0.269 e. The number of quaternary nitrogens is 1. The summed E-state index contributed by atoms with van der Waals surface area (Å²) < 4.78 is 39.7. The zero-order valence-electron chi connectivity index (χ0n) is 13.3. The van der Waals surface area contributed by atoms with Crippen molar-refractivity contribution in [3.05, 3.63) is 64.5 Å². The van der Waals surface area contributed by atoms with Crippen molar-refractivity contribution in [1.29, 1.82) is 0 Å². The third-order valence-electron chi connectivity index (χ3n) is 4.26. The van der Waals surface area contributed by atoms with Gasteiger partial charge in [0.2, 0.25) is 10.0 Å². The van der Waals surface area contributed by atoms with Crippen molar-refractivity contribution < 1.29 is 22.6 Å². The fraction of sp³-hybridized carbons (Fsp3) is 0.250. The number of rotatable bonds is 4. The van der Waals surface area contributed by atoms with E-state index in [0.29, 0.717) is 26.2 Å². The van der Waals surface area contributed by atoms with Gasteiger partial charge in [0.25, 0.3) is 5.69 Å². The van der Waals surface area contributed by atoms with Crippen LogP contribution >= 0.6 is 0 Å². The Hall–Kier alpha value is -2.36. The maximum Gasteiger partial charge on any atom is 0.269 e. The summed E-state index contributed by atoms with van der Waals surface area (Å²) in [5.74, 6) is -0.303. The number of benzene rings is 2. The van der Waals surface area contributed by atoms with Crippen LogP contribution in [0.3, 0.4) is 0 Å². The molecule has 1 aliphatic heterocycles. The Kier molecular flexibility index (Phi) is 4.80. The van der Waals surface area contributed by atoms with E-state index < -0.39 is 14.9 Å². The Labute approximate surface area is 144 Å². The second-order valence-corrected chi connectivity index (χ2v) is 7.70. The molecule has 0 unspecified atom stereocenters. The lowest BCUT2D eigenvalue weighted by molar-refractivity contribution is -0.837. The van der Waals surface area contributed by atoms with E-state index in [1.807, 2.05) is 0 Å². The Balaban J connectivity index is 1.70. The highest BCUT2D eigenvalue weighted by molar-refractivity contribution is 7.89. The van der Waals surface area contributed by atoms with Crippen LogP contribution in [0.2, 0.25) is 0 Å². The fourth-order valence-electron chi connectivity index (χ4n) is 2.86. The quantitative estimate of drug-likeness (QED) is 0.645. The molecule has 0 amide bonds. The molecular weight excluding hydrogens is 349 g/mol. The average molecular weight is 366 g/mol.